The number of nitrogens with one attached hydrogen (secondary N) is 2. The lowest BCUT2D eigenvalue weighted by Gasteiger charge is -2.31. The highest BCUT2D eigenvalue weighted by atomic mass is 16.6. The predicted molar refractivity (Wildman–Crippen MR) is 79.6 cm³/mol. The van der Waals surface area contributed by atoms with Crippen LogP contribution in [0.1, 0.15) is 61.6 Å². The van der Waals surface area contributed by atoms with Crippen molar-refractivity contribution in [1.82, 2.24) is 15.5 Å². The highest BCUT2D eigenvalue weighted by Crippen LogP contribution is 2.28. The van der Waals surface area contributed by atoms with Gasteiger partial charge < -0.3 is 10.4 Å². The first-order valence-corrected chi connectivity index (χ1v) is 7.69. The second-order valence-electron chi connectivity index (χ2n) is 5.87. The van der Waals surface area contributed by atoms with Crippen molar-refractivity contribution in [3.8, 4) is 0 Å². The van der Waals surface area contributed by atoms with Crippen LogP contribution < -0.4 is 5.32 Å². The molecule has 0 saturated heterocycles. The minimum absolute atomic E-state index is 0.0962. The molecule has 1 fully saturated rings. The molecule has 1 aromatic heterocycles. The zero-order chi connectivity index (χ0) is 16.2. The smallest absolute Gasteiger partial charge is 0.322 e. The van der Waals surface area contributed by atoms with Gasteiger partial charge in [-0.2, -0.15) is 5.10 Å². The van der Waals surface area contributed by atoms with Gasteiger partial charge in [-0.05, 0) is 19.3 Å². The van der Waals surface area contributed by atoms with E-state index in [-0.39, 0.29) is 17.9 Å². The minimum Gasteiger partial charge on any atom is -0.388 e. The first kappa shape index (κ1) is 16.4. The molecule has 8 heteroatoms. The van der Waals surface area contributed by atoms with Crippen molar-refractivity contribution in [2.24, 2.45) is 0 Å². The maximum atomic E-state index is 12.2. The van der Waals surface area contributed by atoms with Crippen LogP contribution in [-0.2, 0) is 6.42 Å². The molecule has 0 aliphatic heterocycles. The fraction of sp³-hybridized carbons (Fsp3) is 0.714. The number of nitrogens with zero attached hydrogens (tertiary/aromatic N) is 2. The zero-order valence-corrected chi connectivity index (χ0v) is 12.7. The van der Waals surface area contributed by atoms with Gasteiger partial charge in [0.2, 0.25) is 5.69 Å². The molecule has 3 N–H and O–H groups in total. The molecule has 1 saturated carbocycles. The van der Waals surface area contributed by atoms with E-state index < -0.39 is 16.4 Å². The predicted octanol–water partition coefficient (Wildman–Crippen LogP) is 1.70. The van der Waals surface area contributed by atoms with Crippen molar-refractivity contribution < 1.29 is 14.8 Å². The standard InChI is InChI=1S/C14H22N4O4/c1-2-6-10-12(18(21)22)11(17-16-10)13(19)15-9-14(20)7-4-3-5-8-14/h20H,2-9H2,1H3,(H,15,19)(H,16,17). The van der Waals surface area contributed by atoms with E-state index in [2.05, 4.69) is 15.5 Å². The number of nitro groups is 1. The lowest BCUT2D eigenvalue weighted by molar-refractivity contribution is -0.385. The molecule has 0 atom stereocenters. The number of hydrogen-bond donors (Lipinski definition) is 3. The number of aryl methyl sites for hydroxylation is 1. The van der Waals surface area contributed by atoms with Crippen LogP contribution in [0.15, 0.2) is 0 Å². The van der Waals surface area contributed by atoms with Crippen molar-refractivity contribution in [2.45, 2.75) is 57.5 Å². The summed E-state index contributed by atoms with van der Waals surface area (Å²) in [5, 5.41) is 30.5. The van der Waals surface area contributed by atoms with Crippen molar-refractivity contribution in [3.63, 3.8) is 0 Å². The van der Waals surface area contributed by atoms with E-state index in [9.17, 15) is 20.0 Å². The van der Waals surface area contributed by atoms with Crippen LogP contribution in [0, 0.1) is 10.1 Å². The number of hydrogen-bond acceptors (Lipinski definition) is 5. The van der Waals surface area contributed by atoms with Gasteiger partial charge in [-0.15, -0.1) is 0 Å². The van der Waals surface area contributed by atoms with Gasteiger partial charge in [0, 0.05) is 6.54 Å². The van der Waals surface area contributed by atoms with Crippen molar-refractivity contribution in [2.75, 3.05) is 6.54 Å². The molecule has 1 aromatic rings. The molecule has 22 heavy (non-hydrogen) atoms. The van der Waals surface area contributed by atoms with E-state index in [4.69, 9.17) is 0 Å². The second kappa shape index (κ2) is 6.87. The van der Waals surface area contributed by atoms with Gasteiger partial charge in [0.1, 0.15) is 5.69 Å². The Balaban J connectivity index is 2.07. The quantitative estimate of drug-likeness (QED) is 0.545. The van der Waals surface area contributed by atoms with Crippen LogP contribution >= 0.6 is 0 Å². The number of H-pyrrole nitrogens is 1. The number of rotatable bonds is 6. The number of aliphatic hydroxyl groups is 1. The molecule has 1 amide bonds. The highest BCUT2D eigenvalue weighted by molar-refractivity contribution is 5.96. The van der Waals surface area contributed by atoms with Crippen LogP contribution in [0.5, 0.6) is 0 Å². The fourth-order valence-corrected chi connectivity index (χ4v) is 2.87. The summed E-state index contributed by atoms with van der Waals surface area (Å²) in [6.07, 6.45) is 5.38. The number of carbonyl (C=O) groups excluding carboxylic acids is 1. The summed E-state index contributed by atoms with van der Waals surface area (Å²) in [6, 6.07) is 0. The van der Waals surface area contributed by atoms with E-state index in [1.807, 2.05) is 6.92 Å². The average molecular weight is 310 g/mol. The Labute approximate surface area is 128 Å². The molecule has 122 valence electrons. The lowest BCUT2D eigenvalue weighted by atomic mass is 9.85. The molecular formula is C14H22N4O4. The van der Waals surface area contributed by atoms with Gasteiger partial charge in [-0.1, -0.05) is 32.6 Å². The van der Waals surface area contributed by atoms with E-state index in [0.717, 1.165) is 19.3 Å². The third-order valence-corrected chi connectivity index (χ3v) is 4.07. The third-order valence-electron chi connectivity index (χ3n) is 4.07. The highest BCUT2D eigenvalue weighted by Gasteiger charge is 2.32. The molecule has 0 bridgehead atoms. The zero-order valence-electron chi connectivity index (χ0n) is 12.7. The number of aromatic nitrogens is 2. The maximum Gasteiger partial charge on any atom is 0.322 e. The van der Waals surface area contributed by atoms with Crippen LogP contribution in [0.4, 0.5) is 5.69 Å². The molecule has 1 aliphatic carbocycles. The summed E-state index contributed by atoms with van der Waals surface area (Å²) >= 11 is 0. The van der Waals surface area contributed by atoms with Crippen molar-refractivity contribution in [1.29, 1.82) is 0 Å². The lowest BCUT2D eigenvalue weighted by Crippen LogP contribution is -2.44. The Morgan fingerprint density at radius 2 is 2.14 bits per heavy atom. The van der Waals surface area contributed by atoms with E-state index >= 15 is 0 Å². The SMILES string of the molecule is CCCc1[nH]nc(C(=O)NCC2(O)CCCCC2)c1[N+](=O)[O-]. The Morgan fingerprint density at radius 3 is 2.73 bits per heavy atom. The Morgan fingerprint density at radius 1 is 1.45 bits per heavy atom. The molecule has 0 unspecified atom stereocenters. The molecule has 0 aromatic carbocycles. The van der Waals surface area contributed by atoms with Crippen LogP contribution in [0.3, 0.4) is 0 Å². The number of aromatic amines is 1. The van der Waals surface area contributed by atoms with Gasteiger partial charge >= 0.3 is 5.69 Å². The third kappa shape index (κ3) is 3.62. The van der Waals surface area contributed by atoms with Crippen LogP contribution in [0.25, 0.3) is 0 Å². The Hall–Kier alpha value is -1.96. The molecule has 0 spiro atoms. The Kier molecular flexibility index (Phi) is 5.12. The summed E-state index contributed by atoms with van der Waals surface area (Å²) in [4.78, 5) is 22.7. The van der Waals surface area contributed by atoms with E-state index in [1.54, 1.807) is 0 Å². The van der Waals surface area contributed by atoms with E-state index in [0.29, 0.717) is 31.4 Å². The summed E-state index contributed by atoms with van der Waals surface area (Å²) in [5.41, 5.74) is -1.04. The molecule has 2 rings (SSSR count). The minimum atomic E-state index is -0.911. The Bertz CT molecular complexity index is 549. The van der Waals surface area contributed by atoms with Crippen LogP contribution in [0.2, 0.25) is 0 Å². The largest absolute Gasteiger partial charge is 0.388 e. The van der Waals surface area contributed by atoms with Crippen molar-refractivity contribution in [3.05, 3.63) is 21.5 Å². The number of amides is 1. The molecule has 1 heterocycles. The molecule has 8 nitrogen and oxygen atoms in total. The molecular weight excluding hydrogens is 288 g/mol. The van der Waals surface area contributed by atoms with E-state index in [1.165, 1.54) is 0 Å². The summed E-state index contributed by atoms with van der Waals surface area (Å²) in [6.45, 7) is 1.99. The summed E-state index contributed by atoms with van der Waals surface area (Å²) in [7, 11) is 0. The van der Waals surface area contributed by atoms with Gasteiger partial charge in [0.05, 0.1) is 10.5 Å². The van der Waals surface area contributed by atoms with Gasteiger partial charge in [-0.3, -0.25) is 20.0 Å². The molecule has 0 radical (unpaired) electrons. The normalized spacial score (nSPS) is 17.2. The second-order valence-corrected chi connectivity index (χ2v) is 5.87. The summed E-state index contributed by atoms with van der Waals surface area (Å²) < 4.78 is 0. The topological polar surface area (TPSA) is 121 Å². The molecule has 1 aliphatic rings. The fourth-order valence-electron chi connectivity index (χ4n) is 2.87. The average Bonchev–Trinajstić information content (AvgIpc) is 2.90. The maximum absolute atomic E-state index is 12.2. The monoisotopic (exact) mass is 310 g/mol. The van der Waals surface area contributed by atoms with Crippen LogP contribution in [-0.4, -0.2) is 38.3 Å². The van der Waals surface area contributed by atoms with Gasteiger partial charge in [0.15, 0.2) is 0 Å². The summed E-state index contributed by atoms with van der Waals surface area (Å²) in [5.74, 6) is -0.621. The first-order valence-electron chi connectivity index (χ1n) is 7.69. The van der Waals surface area contributed by atoms with Crippen molar-refractivity contribution >= 4 is 11.6 Å². The van der Waals surface area contributed by atoms with Gasteiger partial charge in [0.25, 0.3) is 5.91 Å². The first-order chi connectivity index (χ1) is 10.5. The number of carbonyl (C=O) groups is 1. The van der Waals surface area contributed by atoms with Gasteiger partial charge in [-0.25, -0.2) is 0 Å².